The number of benzene rings is 2. The van der Waals surface area contributed by atoms with Gasteiger partial charge in [0.2, 0.25) is 0 Å². The normalized spacial score (nSPS) is 10.0. The molecule has 6 heteroatoms. The summed E-state index contributed by atoms with van der Waals surface area (Å²) in [4.78, 5) is 12.1. The van der Waals surface area contributed by atoms with Gasteiger partial charge < -0.3 is 5.32 Å². The molecule has 0 aliphatic rings. The van der Waals surface area contributed by atoms with E-state index in [4.69, 9.17) is 5.26 Å². The summed E-state index contributed by atoms with van der Waals surface area (Å²) in [5.41, 5.74) is 1.03. The van der Waals surface area contributed by atoms with Gasteiger partial charge in [0.05, 0.1) is 17.2 Å². The fraction of sp³-hybridized carbons (Fsp3) is 0.0667. The molecular weight excluding hydrogens is 403 g/mol. The average Bonchev–Trinajstić information content (AvgIpc) is 2.48. The quantitative estimate of drug-likeness (QED) is 0.824. The van der Waals surface area contributed by atoms with Crippen LogP contribution in [0.2, 0.25) is 0 Å². The largest absolute Gasteiger partial charge is 0.348 e. The molecule has 0 atom stereocenters. The first-order valence-electron chi connectivity index (χ1n) is 5.93. The summed E-state index contributed by atoms with van der Waals surface area (Å²) in [7, 11) is 0. The maximum absolute atomic E-state index is 13.7. The van der Waals surface area contributed by atoms with Crippen molar-refractivity contribution in [3.63, 3.8) is 0 Å². The number of rotatable bonds is 3. The Morgan fingerprint density at radius 3 is 2.67 bits per heavy atom. The summed E-state index contributed by atoms with van der Waals surface area (Å²) in [5.74, 6) is -0.824. The highest BCUT2D eigenvalue weighted by Gasteiger charge is 2.11. The maximum Gasteiger partial charge on any atom is 0.252 e. The lowest BCUT2D eigenvalue weighted by Crippen LogP contribution is -2.23. The van der Waals surface area contributed by atoms with Crippen LogP contribution in [-0.2, 0) is 6.54 Å². The number of nitriles is 1. The van der Waals surface area contributed by atoms with Crippen LogP contribution in [-0.4, -0.2) is 5.91 Å². The van der Waals surface area contributed by atoms with E-state index in [1.807, 2.05) is 6.07 Å². The van der Waals surface area contributed by atoms with Gasteiger partial charge in [0.1, 0.15) is 5.82 Å². The second-order valence-corrected chi connectivity index (χ2v) is 5.99. The molecule has 0 aliphatic carbocycles. The van der Waals surface area contributed by atoms with E-state index in [-0.39, 0.29) is 18.0 Å². The molecule has 0 saturated carbocycles. The van der Waals surface area contributed by atoms with Crippen LogP contribution in [0, 0.1) is 17.1 Å². The highest BCUT2D eigenvalue weighted by molar-refractivity contribution is 9.11. The molecule has 1 N–H and O–H groups in total. The van der Waals surface area contributed by atoms with Crippen LogP contribution in [0.25, 0.3) is 0 Å². The Balaban J connectivity index is 2.11. The summed E-state index contributed by atoms with van der Waals surface area (Å²) in [6.07, 6.45) is 0. The van der Waals surface area contributed by atoms with Crippen molar-refractivity contribution in [1.29, 1.82) is 5.26 Å². The van der Waals surface area contributed by atoms with Gasteiger partial charge in [-0.1, -0.05) is 22.0 Å². The number of hydrogen-bond acceptors (Lipinski definition) is 2. The van der Waals surface area contributed by atoms with E-state index in [1.54, 1.807) is 18.2 Å². The van der Waals surface area contributed by atoms with E-state index in [0.717, 1.165) is 10.5 Å². The highest BCUT2D eigenvalue weighted by Crippen LogP contribution is 2.21. The molecule has 2 aromatic rings. The molecular formula is C15H9Br2FN2O. The van der Waals surface area contributed by atoms with Crippen molar-refractivity contribution < 1.29 is 9.18 Å². The minimum absolute atomic E-state index is 0.0509. The Hall–Kier alpha value is -1.71. The molecule has 0 heterocycles. The number of carbonyl (C=O) groups is 1. The molecule has 0 spiro atoms. The van der Waals surface area contributed by atoms with Crippen molar-refractivity contribution in [1.82, 2.24) is 5.32 Å². The molecule has 0 radical (unpaired) electrons. The molecule has 21 heavy (non-hydrogen) atoms. The van der Waals surface area contributed by atoms with E-state index in [9.17, 15) is 9.18 Å². The Bertz CT molecular complexity index is 741. The minimum Gasteiger partial charge on any atom is -0.348 e. The molecule has 0 aliphatic heterocycles. The summed E-state index contributed by atoms with van der Waals surface area (Å²) in [5, 5.41) is 11.3. The first-order chi connectivity index (χ1) is 10.0. The number of carbonyl (C=O) groups excluding carboxylic acids is 1. The molecule has 0 fully saturated rings. The topological polar surface area (TPSA) is 52.9 Å². The number of nitrogens with zero attached hydrogens (tertiary/aromatic N) is 1. The summed E-state index contributed by atoms with van der Waals surface area (Å²) in [6, 6.07) is 11.2. The zero-order chi connectivity index (χ0) is 15.4. The lowest BCUT2D eigenvalue weighted by molar-refractivity contribution is 0.0950. The lowest BCUT2D eigenvalue weighted by atomic mass is 10.1. The lowest BCUT2D eigenvalue weighted by Gasteiger charge is -2.08. The van der Waals surface area contributed by atoms with Gasteiger partial charge in [0.25, 0.3) is 5.91 Å². The first kappa shape index (κ1) is 15.7. The van der Waals surface area contributed by atoms with Crippen LogP contribution < -0.4 is 5.32 Å². The van der Waals surface area contributed by atoms with Crippen molar-refractivity contribution >= 4 is 37.8 Å². The maximum atomic E-state index is 13.7. The molecule has 0 unspecified atom stereocenters. The molecule has 3 nitrogen and oxygen atoms in total. The fourth-order valence-electron chi connectivity index (χ4n) is 1.70. The molecule has 2 aromatic carbocycles. The van der Waals surface area contributed by atoms with Crippen molar-refractivity contribution in [2.24, 2.45) is 0 Å². The van der Waals surface area contributed by atoms with Gasteiger partial charge >= 0.3 is 0 Å². The van der Waals surface area contributed by atoms with Crippen LogP contribution in [0.1, 0.15) is 21.5 Å². The average molecular weight is 412 g/mol. The van der Waals surface area contributed by atoms with Gasteiger partial charge in [-0.15, -0.1) is 0 Å². The standard InChI is InChI=1S/C15H9Br2FN2O/c16-11-3-4-13(17)12(6-11)15(21)20-8-10-2-1-9(7-19)5-14(10)18/h1-6H,8H2,(H,20,21). The van der Waals surface area contributed by atoms with Gasteiger partial charge in [-0.05, 0) is 46.3 Å². The van der Waals surface area contributed by atoms with Gasteiger partial charge in [0.15, 0.2) is 0 Å². The first-order valence-corrected chi connectivity index (χ1v) is 7.51. The fourth-order valence-corrected chi connectivity index (χ4v) is 2.49. The summed E-state index contributed by atoms with van der Waals surface area (Å²) < 4.78 is 15.1. The highest BCUT2D eigenvalue weighted by atomic mass is 79.9. The SMILES string of the molecule is N#Cc1ccc(CNC(=O)c2cc(Br)ccc2Br)c(F)c1. The molecule has 1 amide bonds. The van der Waals surface area contributed by atoms with E-state index in [2.05, 4.69) is 37.2 Å². The minimum atomic E-state index is -0.511. The second-order valence-electron chi connectivity index (χ2n) is 4.22. The second kappa shape index (κ2) is 6.83. The predicted molar refractivity (Wildman–Crippen MR) is 84.1 cm³/mol. The monoisotopic (exact) mass is 410 g/mol. The molecule has 0 saturated heterocycles. The number of nitrogens with one attached hydrogen (secondary N) is 1. The van der Waals surface area contributed by atoms with E-state index >= 15 is 0 Å². The number of amides is 1. The Morgan fingerprint density at radius 1 is 1.24 bits per heavy atom. The molecule has 0 aromatic heterocycles. The van der Waals surface area contributed by atoms with Gasteiger partial charge in [-0.2, -0.15) is 5.26 Å². The van der Waals surface area contributed by atoms with E-state index in [1.165, 1.54) is 12.1 Å². The van der Waals surface area contributed by atoms with E-state index in [0.29, 0.717) is 15.6 Å². The Kier molecular flexibility index (Phi) is 5.10. The number of hydrogen-bond donors (Lipinski definition) is 1. The Morgan fingerprint density at radius 2 is 2.00 bits per heavy atom. The summed E-state index contributed by atoms with van der Waals surface area (Å²) in [6.45, 7) is 0.0509. The van der Waals surface area contributed by atoms with Crippen molar-refractivity contribution in [3.05, 3.63) is 67.9 Å². The molecule has 0 bridgehead atoms. The Labute approximate surface area is 138 Å². The third kappa shape index (κ3) is 3.90. The van der Waals surface area contributed by atoms with Crippen LogP contribution in [0.15, 0.2) is 45.3 Å². The van der Waals surface area contributed by atoms with Crippen molar-refractivity contribution in [3.8, 4) is 6.07 Å². The smallest absolute Gasteiger partial charge is 0.252 e. The third-order valence-corrected chi connectivity index (χ3v) is 3.98. The van der Waals surface area contributed by atoms with Crippen LogP contribution in [0.3, 0.4) is 0 Å². The zero-order valence-corrected chi connectivity index (χ0v) is 13.8. The van der Waals surface area contributed by atoms with Crippen LogP contribution in [0.5, 0.6) is 0 Å². The van der Waals surface area contributed by atoms with Crippen molar-refractivity contribution in [2.45, 2.75) is 6.54 Å². The van der Waals surface area contributed by atoms with Gasteiger partial charge in [-0.3, -0.25) is 4.79 Å². The van der Waals surface area contributed by atoms with Gasteiger partial charge in [0, 0.05) is 21.1 Å². The summed E-state index contributed by atoms with van der Waals surface area (Å²) >= 11 is 6.60. The van der Waals surface area contributed by atoms with Gasteiger partial charge in [-0.25, -0.2) is 4.39 Å². The molecule has 2 rings (SSSR count). The zero-order valence-electron chi connectivity index (χ0n) is 10.7. The number of halogens is 3. The molecule has 106 valence electrons. The van der Waals surface area contributed by atoms with Crippen molar-refractivity contribution in [2.75, 3.05) is 0 Å². The van der Waals surface area contributed by atoms with Crippen LogP contribution in [0.4, 0.5) is 4.39 Å². The van der Waals surface area contributed by atoms with Crippen LogP contribution >= 0.6 is 31.9 Å². The van der Waals surface area contributed by atoms with E-state index < -0.39 is 5.82 Å². The predicted octanol–water partition coefficient (Wildman–Crippen LogP) is 4.15. The third-order valence-electron chi connectivity index (χ3n) is 2.79.